The summed E-state index contributed by atoms with van der Waals surface area (Å²) in [5.41, 5.74) is 3.77. The first-order valence-corrected chi connectivity index (χ1v) is 21.4. The van der Waals surface area contributed by atoms with Crippen LogP contribution < -0.4 is 34.6 Å². The molecule has 2 heterocycles. The molecule has 21 heteroatoms. The second-order valence-corrected chi connectivity index (χ2v) is 17.5. The van der Waals surface area contributed by atoms with Gasteiger partial charge in [0.15, 0.2) is 10.3 Å². The Hall–Kier alpha value is -4.32. The number of aliphatic carboxylic acids is 2. The summed E-state index contributed by atoms with van der Waals surface area (Å²) in [6.07, 6.45) is 7.30. The van der Waals surface area contributed by atoms with E-state index in [1.54, 1.807) is 10.6 Å². The maximum Gasteiger partial charge on any atom is 1.00 e. The van der Waals surface area contributed by atoms with Crippen molar-refractivity contribution in [1.29, 1.82) is 0 Å². The topological polar surface area (TPSA) is 171 Å². The molecule has 2 saturated carbocycles. The molecule has 0 aliphatic heterocycles. The average molecular weight is 1010 g/mol. The van der Waals surface area contributed by atoms with E-state index < -0.39 is 47.4 Å². The summed E-state index contributed by atoms with van der Waals surface area (Å²) in [5.74, 6) is -5.44. The Labute approximate surface area is 389 Å². The zero-order valence-electron chi connectivity index (χ0n) is 31.8. The Morgan fingerprint density at radius 3 is 1.40 bits per heavy atom. The van der Waals surface area contributed by atoms with Crippen molar-refractivity contribution < 1.29 is 65.8 Å². The van der Waals surface area contributed by atoms with Crippen molar-refractivity contribution in [2.24, 2.45) is 0 Å². The van der Waals surface area contributed by atoms with Gasteiger partial charge in [-0.3, -0.25) is 23.5 Å². The second-order valence-electron chi connectivity index (χ2n) is 13.8. The van der Waals surface area contributed by atoms with E-state index in [1.165, 1.54) is 32.7 Å². The number of benzene rings is 4. The van der Waals surface area contributed by atoms with E-state index in [9.17, 15) is 41.8 Å². The van der Waals surface area contributed by atoms with Gasteiger partial charge in [0.1, 0.15) is 15.8 Å². The van der Waals surface area contributed by atoms with Crippen LogP contribution in [0.2, 0.25) is 0 Å². The summed E-state index contributed by atoms with van der Waals surface area (Å²) in [6.45, 7) is -1.89. The molecule has 0 atom stereocenters. The van der Waals surface area contributed by atoms with E-state index in [1.807, 2.05) is 72.8 Å². The third-order valence-electron chi connectivity index (χ3n) is 9.52. The quantitative estimate of drug-likeness (QED) is 0.0729. The molecule has 0 unspecified atom stereocenters. The Kier molecular flexibility index (Phi) is 15.7. The minimum absolute atomic E-state index is 0. The van der Waals surface area contributed by atoms with Crippen molar-refractivity contribution in [3.05, 3.63) is 106 Å². The van der Waals surface area contributed by atoms with Crippen molar-refractivity contribution in [3.63, 3.8) is 0 Å². The number of rotatable bonds is 14. The van der Waals surface area contributed by atoms with Gasteiger partial charge in [-0.1, -0.05) is 68.1 Å². The largest absolute Gasteiger partial charge is 1.00 e. The van der Waals surface area contributed by atoms with Crippen LogP contribution >= 0.6 is 55.4 Å². The molecule has 0 spiro atoms. The minimum Gasteiger partial charge on any atom is -0.548 e. The van der Waals surface area contributed by atoms with Gasteiger partial charge in [-0.25, -0.2) is 9.97 Å². The van der Waals surface area contributed by atoms with Crippen LogP contribution in [0.5, 0.6) is 0 Å². The number of imidazole rings is 2. The molecule has 0 bridgehead atoms. The SMILES string of the molecule is C.O=C(O)CNC(=O)C(F)(F)Sc1ncc(Br)n1-c1ccc(C2CC2)c2ccccc12.O=C([O-])CNC(=O)C(F)(F)Sc1ncc(Br)n1-c1ccc(C2CC2)c2ccccc12.[Li+]. The first-order chi connectivity index (χ1) is 28.6. The monoisotopic (exact) mass is 1010 g/mol. The number of aromatic nitrogens is 4. The maximum atomic E-state index is 14.4. The number of nitrogens with one attached hydrogen (secondary N) is 2. The van der Waals surface area contributed by atoms with Gasteiger partial charge in [-0.2, -0.15) is 17.6 Å². The smallest absolute Gasteiger partial charge is 0.548 e. The zero-order valence-corrected chi connectivity index (χ0v) is 36.6. The number of carboxylic acids is 2. The van der Waals surface area contributed by atoms with Crippen LogP contribution in [-0.4, -0.2) is 71.6 Å². The predicted molar refractivity (Wildman–Crippen MR) is 228 cm³/mol. The number of halogens is 6. The van der Waals surface area contributed by atoms with Crippen molar-refractivity contribution in [2.45, 2.75) is 65.8 Å². The second kappa shape index (κ2) is 20.0. The normalized spacial score (nSPS) is 13.6. The van der Waals surface area contributed by atoms with Crippen LogP contribution in [-0.2, 0) is 19.2 Å². The molecule has 320 valence electrons. The number of carbonyl (C=O) groups excluding carboxylic acids is 3. The van der Waals surface area contributed by atoms with Gasteiger partial charge in [0.25, 0.3) is 0 Å². The molecule has 0 saturated heterocycles. The first-order valence-electron chi connectivity index (χ1n) is 18.2. The third kappa shape index (κ3) is 10.9. The van der Waals surface area contributed by atoms with E-state index in [0.29, 0.717) is 32.4 Å². The number of amides is 2. The van der Waals surface area contributed by atoms with Crippen LogP contribution in [0.3, 0.4) is 0 Å². The van der Waals surface area contributed by atoms with Crippen molar-refractivity contribution in [2.75, 3.05) is 13.1 Å². The molecule has 2 aliphatic carbocycles. The number of alkyl halides is 4. The van der Waals surface area contributed by atoms with E-state index in [4.69, 9.17) is 5.11 Å². The Morgan fingerprint density at radius 2 is 1.05 bits per heavy atom. The van der Waals surface area contributed by atoms with Gasteiger partial charge in [0.2, 0.25) is 0 Å². The predicted octanol–water partition coefficient (Wildman–Crippen LogP) is 5.41. The van der Waals surface area contributed by atoms with E-state index >= 15 is 0 Å². The van der Waals surface area contributed by atoms with E-state index in [-0.39, 0.29) is 60.1 Å². The van der Waals surface area contributed by atoms with Crippen molar-refractivity contribution in [3.8, 4) is 11.4 Å². The molecular formula is C41H35Br2F4LiN6O6S2. The molecule has 6 aromatic rings. The standard InChI is InChI=1S/2C20H16BrF2N3O3S.CH4.Li/c2*21-16-9-25-19(30-20(22,23)18(29)24-10-17(27)28)26(16)15-8-7-12(11-5-6-11)13-3-1-2-4-14(13)15;;/h2*1-4,7-9,11H,5-6,10H2,(H,24,29)(H,27,28);1H4;/q;;;+1/p-1. The van der Waals surface area contributed by atoms with Crippen LogP contribution in [0.15, 0.2) is 105 Å². The summed E-state index contributed by atoms with van der Waals surface area (Å²) < 4.78 is 61.6. The fourth-order valence-electron chi connectivity index (χ4n) is 6.55. The molecule has 2 amide bonds. The molecule has 12 nitrogen and oxygen atoms in total. The number of hydrogen-bond acceptors (Lipinski definition) is 9. The van der Waals surface area contributed by atoms with Gasteiger partial charge < -0.3 is 25.6 Å². The number of carbonyl (C=O) groups is 4. The Morgan fingerprint density at radius 1 is 0.677 bits per heavy atom. The van der Waals surface area contributed by atoms with Gasteiger partial charge in [0.05, 0.1) is 36.3 Å². The fourth-order valence-corrected chi connectivity index (χ4v) is 9.28. The van der Waals surface area contributed by atoms with E-state index in [0.717, 1.165) is 47.2 Å². The zero-order chi connectivity index (χ0) is 42.9. The summed E-state index contributed by atoms with van der Waals surface area (Å²) in [4.78, 5) is 52.6. The number of carboxylic acid groups (broad SMARTS) is 2. The summed E-state index contributed by atoms with van der Waals surface area (Å²) in [7, 11) is 0. The minimum atomic E-state index is -3.93. The summed E-state index contributed by atoms with van der Waals surface area (Å²) >= 11 is 6.61. The maximum absolute atomic E-state index is 14.4. The molecule has 62 heavy (non-hydrogen) atoms. The van der Waals surface area contributed by atoms with Crippen LogP contribution in [0.25, 0.3) is 32.9 Å². The van der Waals surface area contributed by atoms with Crippen molar-refractivity contribution in [1.82, 2.24) is 29.7 Å². The number of hydrogen-bond donors (Lipinski definition) is 3. The van der Waals surface area contributed by atoms with Crippen molar-refractivity contribution >= 4 is 101 Å². The number of thioether (sulfide) groups is 2. The molecule has 0 radical (unpaired) electrons. The summed E-state index contributed by atoms with van der Waals surface area (Å²) in [6, 6.07) is 23.2. The van der Waals surface area contributed by atoms with Gasteiger partial charge >= 0.3 is 47.2 Å². The molecule has 2 aliphatic rings. The number of nitrogens with zero attached hydrogens (tertiary/aromatic N) is 4. The van der Waals surface area contributed by atoms with Crippen LogP contribution in [0.1, 0.15) is 56.1 Å². The first kappa shape index (κ1) is 48.7. The average Bonchev–Trinajstić information content (AvgIpc) is 4.16. The van der Waals surface area contributed by atoms with Gasteiger partial charge in [-0.05, 0) is 127 Å². The molecule has 3 N–H and O–H groups in total. The van der Waals surface area contributed by atoms with Gasteiger partial charge in [0, 0.05) is 10.8 Å². The summed E-state index contributed by atoms with van der Waals surface area (Å²) in [5, 5.41) is 18.2. The molecule has 2 aromatic heterocycles. The van der Waals surface area contributed by atoms with E-state index in [2.05, 4.69) is 41.8 Å². The fraction of sp³-hybridized carbons (Fsp3) is 0.268. The molecule has 2 fully saturated rings. The third-order valence-corrected chi connectivity index (χ3v) is 12.5. The molecule has 8 rings (SSSR count). The van der Waals surface area contributed by atoms with Gasteiger partial charge in [-0.15, -0.1) is 0 Å². The molecule has 4 aromatic carbocycles. The Balaban J connectivity index is 0.000000227. The Bertz CT molecular complexity index is 2480. The number of fused-ring (bicyclic) bond motifs is 2. The molecular weight excluding hydrogens is 979 g/mol. The van der Waals surface area contributed by atoms with Crippen LogP contribution in [0.4, 0.5) is 17.6 Å². The van der Waals surface area contributed by atoms with Crippen LogP contribution in [0, 0.1) is 0 Å².